The fourth-order valence-electron chi connectivity index (χ4n) is 0. The molecule has 44 valence electrons. The van der Waals surface area contributed by atoms with Gasteiger partial charge in [0, 0.05) is 0 Å². The molecule has 0 aromatic heterocycles. The summed E-state index contributed by atoms with van der Waals surface area (Å²) in [5.74, 6) is 0. The molecule has 0 spiro atoms. The molecule has 0 aromatic carbocycles. The van der Waals surface area contributed by atoms with Crippen LogP contribution in [-0.2, 0) is 0 Å². The average Bonchev–Trinajstić information content (AvgIpc) is 0.722. The third-order valence-corrected chi connectivity index (χ3v) is 0. The minimum atomic E-state index is -4.61. The van der Waals surface area contributed by atoms with Crippen molar-refractivity contribution >= 4 is 32.1 Å². The zero-order chi connectivity index (χ0) is 4.50. The van der Waals surface area contributed by atoms with Gasteiger partial charge >= 0.3 is 32.1 Å². The summed E-state index contributed by atoms with van der Waals surface area (Å²) < 4.78 is 0. The molecule has 0 aliphatic rings. The van der Waals surface area contributed by atoms with Gasteiger partial charge in [0.05, 0.1) is 0 Å². The molecule has 0 unspecified atom stereocenters. The maximum absolute atomic E-state index is 7.33. The molecule has 5 nitrogen and oxygen atoms in total. The lowest BCUT2D eigenvalue weighted by atomic mass is 14.0. The first-order valence-electron chi connectivity index (χ1n) is 0.894. The van der Waals surface area contributed by atoms with Crippen molar-refractivity contribution in [1.82, 2.24) is 6.15 Å². The molecular weight excluding hydrogens is 130 g/mol. The summed E-state index contributed by atoms with van der Waals surface area (Å²) in [5.41, 5.74) is 0. The van der Waals surface area contributed by atoms with Gasteiger partial charge in [0.25, 0.3) is 0 Å². The molecule has 0 fully saturated rings. The standard InChI is InChI=1S/Mg.H3N.H4O4Si.2H/c;;1-5(2,3)4;;/h;1H3;1-4H;;. The lowest BCUT2D eigenvalue weighted by molar-refractivity contribution is 0.117. The molecule has 0 aliphatic carbocycles. The Labute approximate surface area is 57.8 Å². The van der Waals surface area contributed by atoms with Crippen molar-refractivity contribution in [2.45, 2.75) is 0 Å². The summed E-state index contributed by atoms with van der Waals surface area (Å²) >= 11 is 0. The molecule has 0 aliphatic heterocycles. The lowest BCUT2D eigenvalue weighted by Gasteiger charge is -1.91. The van der Waals surface area contributed by atoms with Crippen LogP contribution in [0.1, 0.15) is 0 Å². The maximum atomic E-state index is 7.33. The highest BCUT2D eigenvalue weighted by molar-refractivity contribution is 6.46. The van der Waals surface area contributed by atoms with Crippen LogP contribution in [0.15, 0.2) is 0 Å². The Morgan fingerprint density at radius 1 is 0.857 bits per heavy atom. The number of hydrogen-bond donors (Lipinski definition) is 5. The summed E-state index contributed by atoms with van der Waals surface area (Å²) in [6.07, 6.45) is 0. The largest absolute Gasteiger partial charge is 0.668 e. The van der Waals surface area contributed by atoms with E-state index in [1.807, 2.05) is 0 Å². The second-order valence-electron chi connectivity index (χ2n) is 0.600. The Morgan fingerprint density at radius 3 is 0.857 bits per heavy atom. The van der Waals surface area contributed by atoms with Gasteiger partial charge in [-0.15, -0.1) is 0 Å². The Kier molecular flexibility index (Phi) is 11.0. The molecular formula is H9MgNO4Si. The van der Waals surface area contributed by atoms with Gasteiger partial charge in [0.15, 0.2) is 0 Å². The van der Waals surface area contributed by atoms with Crippen LogP contribution in [0.2, 0.25) is 0 Å². The SMILES string of the molecule is N.O[Si](O)(O)O.[MgH2]. The molecule has 0 amide bonds. The predicted octanol–water partition coefficient (Wildman–Crippen LogP) is -3.36. The van der Waals surface area contributed by atoms with Crippen LogP contribution >= 0.6 is 0 Å². The van der Waals surface area contributed by atoms with Gasteiger partial charge in [0.2, 0.25) is 0 Å². The fourth-order valence-corrected chi connectivity index (χ4v) is 0. The van der Waals surface area contributed by atoms with Crippen molar-refractivity contribution in [1.29, 1.82) is 0 Å². The van der Waals surface area contributed by atoms with E-state index in [1.165, 1.54) is 0 Å². The quantitative estimate of drug-likeness (QED) is 0.225. The van der Waals surface area contributed by atoms with Crippen molar-refractivity contribution < 1.29 is 19.2 Å². The Hall–Kier alpha value is 0.783. The maximum Gasteiger partial charge on any atom is 0.668 e. The van der Waals surface area contributed by atoms with E-state index >= 15 is 0 Å². The molecule has 0 heterocycles. The molecule has 7 heteroatoms. The molecule has 0 saturated heterocycles. The third kappa shape index (κ3) is 253. The second kappa shape index (κ2) is 4.93. The predicted molar refractivity (Wildman–Crippen MR) is 28.2 cm³/mol. The van der Waals surface area contributed by atoms with E-state index in [2.05, 4.69) is 0 Å². The van der Waals surface area contributed by atoms with Gasteiger partial charge in [-0.2, -0.15) is 0 Å². The first-order chi connectivity index (χ1) is 2.00. The van der Waals surface area contributed by atoms with Gasteiger partial charge in [-0.1, -0.05) is 0 Å². The first-order valence-corrected chi connectivity index (χ1v) is 2.68. The smallest absolute Gasteiger partial charge is 0.368 e. The molecule has 7 heavy (non-hydrogen) atoms. The lowest BCUT2D eigenvalue weighted by Crippen LogP contribution is -2.33. The van der Waals surface area contributed by atoms with E-state index in [0.717, 1.165) is 0 Å². The highest BCUT2D eigenvalue weighted by atomic mass is 28.4. The zero-order valence-corrected chi connectivity index (χ0v) is 4.00. The number of rotatable bonds is 0. The molecule has 0 aromatic rings. The van der Waals surface area contributed by atoms with Crippen LogP contribution < -0.4 is 6.15 Å². The van der Waals surface area contributed by atoms with Crippen molar-refractivity contribution in [2.75, 3.05) is 0 Å². The molecule has 7 N–H and O–H groups in total. The summed E-state index contributed by atoms with van der Waals surface area (Å²) in [6, 6.07) is 0. The van der Waals surface area contributed by atoms with E-state index in [-0.39, 0.29) is 29.2 Å². The molecule has 0 atom stereocenters. The normalized spacial score (nSPS) is 8.57. The highest BCUT2D eigenvalue weighted by Crippen LogP contribution is 1.67. The second-order valence-corrected chi connectivity index (χ2v) is 1.80. The van der Waals surface area contributed by atoms with Crippen molar-refractivity contribution in [3.05, 3.63) is 0 Å². The number of hydrogen-bond acceptors (Lipinski definition) is 5. The van der Waals surface area contributed by atoms with Crippen LogP contribution in [0.5, 0.6) is 0 Å². The molecule has 0 rings (SSSR count). The summed E-state index contributed by atoms with van der Waals surface area (Å²) in [6.45, 7) is 0. The minimum Gasteiger partial charge on any atom is -0.368 e. The van der Waals surface area contributed by atoms with Gasteiger partial charge < -0.3 is 25.3 Å². The summed E-state index contributed by atoms with van der Waals surface area (Å²) in [5, 5.41) is 0. The summed E-state index contributed by atoms with van der Waals surface area (Å²) in [7, 11) is -4.61. The van der Waals surface area contributed by atoms with Crippen LogP contribution in [0.25, 0.3) is 0 Å². The zero-order valence-electron chi connectivity index (χ0n) is 3.00. The van der Waals surface area contributed by atoms with Gasteiger partial charge in [-0.25, -0.2) is 0 Å². The Bertz CT molecular complexity index is 27.2. The fraction of sp³-hybridized carbons (Fsp3) is 0. The van der Waals surface area contributed by atoms with E-state index in [9.17, 15) is 0 Å². The van der Waals surface area contributed by atoms with Crippen molar-refractivity contribution in [3.8, 4) is 0 Å². The monoisotopic (exact) mass is 139 g/mol. The average molecular weight is 139 g/mol. The van der Waals surface area contributed by atoms with E-state index < -0.39 is 9.05 Å². The first kappa shape index (κ1) is 15.7. The van der Waals surface area contributed by atoms with Gasteiger partial charge in [-0.3, -0.25) is 0 Å². The van der Waals surface area contributed by atoms with Crippen LogP contribution in [0.4, 0.5) is 0 Å². The van der Waals surface area contributed by atoms with Gasteiger partial charge in [0.1, 0.15) is 0 Å². The topological polar surface area (TPSA) is 116 Å². The van der Waals surface area contributed by atoms with Gasteiger partial charge in [-0.05, 0) is 0 Å². The van der Waals surface area contributed by atoms with Crippen LogP contribution in [0, 0.1) is 0 Å². The third-order valence-electron chi connectivity index (χ3n) is 0. The minimum absolute atomic E-state index is 0. The summed E-state index contributed by atoms with van der Waals surface area (Å²) in [4.78, 5) is 29.3. The van der Waals surface area contributed by atoms with E-state index in [0.29, 0.717) is 0 Å². The van der Waals surface area contributed by atoms with E-state index in [4.69, 9.17) is 19.2 Å². The van der Waals surface area contributed by atoms with Crippen molar-refractivity contribution in [3.63, 3.8) is 0 Å². The molecule has 0 radical (unpaired) electrons. The van der Waals surface area contributed by atoms with Crippen molar-refractivity contribution in [2.24, 2.45) is 0 Å². The van der Waals surface area contributed by atoms with Crippen LogP contribution in [0.3, 0.4) is 0 Å². The highest BCUT2D eigenvalue weighted by Gasteiger charge is 2.22. The van der Waals surface area contributed by atoms with E-state index in [1.54, 1.807) is 0 Å². The molecule has 0 saturated carbocycles. The van der Waals surface area contributed by atoms with Crippen LogP contribution in [-0.4, -0.2) is 51.3 Å². The molecule has 0 bridgehead atoms. The Balaban J connectivity index is -0.0000000800. The Morgan fingerprint density at radius 2 is 0.857 bits per heavy atom.